The number of pyridine rings is 1. The van der Waals surface area contributed by atoms with Crippen LogP contribution in [0.4, 0.5) is 5.69 Å². The van der Waals surface area contributed by atoms with E-state index in [4.69, 9.17) is 4.98 Å². The lowest BCUT2D eigenvalue weighted by Gasteiger charge is -2.20. The fraction of sp³-hybridized carbons (Fsp3) is 0.200. The Hall–Kier alpha value is -3.72. The highest BCUT2D eigenvalue weighted by Crippen LogP contribution is 2.34. The van der Waals surface area contributed by atoms with Crippen molar-refractivity contribution in [2.45, 2.75) is 27.7 Å². The molecule has 0 aliphatic rings. The van der Waals surface area contributed by atoms with Crippen LogP contribution in [0.15, 0.2) is 78.9 Å². The van der Waals surface area contributed by atoms with Gasteiger partial charge >= 0.3 is 0 Å². The Morgan fingerprint density at radius 1 is 0.879 bits per heavy atom. The Morgan fingerprint density at radius 3 is 2.21 bits per heavy atom. The van der Waals surface area contributed by atoms with Gasteiger partial charge in [-0.1, -0.05) is 66.2 Å². The standard InChI is InChI=1S/C30H30N2O/c1-5-32(6-2)25-18-13-23(14-19-25)15-20-28(33)29-22(4)31-27-10-8-7-9-26(27)30(29)24-16-11-21(3)12-17-24/h7-20H,5-6H2,1-4H3/b20-15+. The van der Waals surface area contributed by atoms with E-state index in [9.17, 15) is 4.79 Å². The smallest absolute Gasteiger partial charge is 0.188 e. The molecule has 0 N–H and O–H groups in total. The molecule has 0 fully saturated rings. The number of anilines is 1. The van der Waals surface area contributed by atoms with Crippen molar-refractivity contribution in [3.05, 3.63) is 101 Å². The minimum atomic E-state index is -0.0332. The highest BCUT2D eigenvalue weighted by Gasteiger charge is 2.18. The minimum absolute atomic E-state index is 0.0332. The van der Waals surface area contributed by atoms with E-state index in [-0.39, 0.29) is 5.78 Å². The average molecular weight is 435 g/mol. The lowest BCUT2D eigenvalue weighted by molar-refractivity contribution is 0.104. The second kappa shape index (κ2) is 9.83. The summed E-state index contributed by atoms with van der Waals surface area (Å²) in [5.74, 6) is -0.0332. The predicted molar refractivity (Wildman–Crippen MR) is 140 cm³/mol. The van der Waals surface area contributed by atoms with E-state index in [1.807, 2.05) is 37.3 Å². The Labute approximate surface area is 196 Å². The van der Waals surface area contributed by atoms with Crippen molar-refractivity contribution < 1.29 is 4.79 Å². The summed E-state index contributed by atoms with van der Waals surface area (Å²) in [4.78, 5) is 20.5. The molecule has 4 aromatic rings. The molecule has 0 saturated heterocycles. The van der Waals surface area contributed by atoms with Gasteiger partial charge in [0.05, 0.1) is 11.1 Å². The van der Waals surface area contributed by atoms with Crippen molar-refractivity contribution in [3.8, 4) is 11.1 Å². The molecule has 0 amide bonds. The maximum Gasteiger partial charge on any atom is 0.188 e. The first-order valence-corrected chi connectivity index (χ1v) is 11.6. The molecule has 4 rings (SSSR count). The third-order valence-corrected chi connectivity index (χ3v) is 6.11. The SMILES string of the molecule is CCN(CC)c1ccc(/C=C/C(=O)c2c(C)nc3ccccc3c2-c2ccc(C)cc2)cc1. The normalized spacial score (nSPS) is 11.3. The topological polar surface area (TPSA) is 33.2 Å². The van der Waals surface area contributed by atoms with Gasteiger partial charge in [0.2, 0.25) is 0 Å². The van der Waals surface area contributed by atoms with E-state index in [1.54, 1.807) is 6.08 Å². The molecule has 3 heteroatoms. The van der Waals surface area contributed by atoms with E-state index >= 15 is 0 Å². The quantitative estimate of drug-likeness (QED) is 0.227. The van der Waals surface area contributed by atoms with E-state index in [2.05, 4.69) is 74.2 Å². The molecular formula is C30H30N2O. The number of fused-ring (bicyclic) bond motifs is 1. The van der Waals surface area contributed by atoms with Crippen molar-refractivity contribution in [2.75, 3.05) is 18.0 Å². The number of ketones is 1. The summed E-state index contributed by atoms with van der Waals surface area (Å²) < 4.78 is 0. The number of benzene rings is 3. The molecule has 166 valence electrons. The van der Waals surface area contributed by atoms with Crippen LogP contribution in [0, 0.1) is 13.8 Å². The van der Waals surface area contributed by atoms with Gasteiger partial charge < -0.3 is 4.90 Å². The lowest BCUT2D eigenvalue weighted by atomic mass is 9.91. The van der Waals surface area contributed by atoms with Crippen LogP contribution in [-0.2, 0) is 0 Å². The molecule has 0 aliphatic carbocycles. The fourth-order valence-electron chi connectivity index (χ4n) is 4.30. The molecule has 33 heavy (non-hydrogen) atoms. The van der Waals surface area contributed by atoms with Gasteiger partial charge in [-0.05, 0) is 63.1 Å². The van der Waals surface area contributed by atoms with Crippen molar-refractivity contribution in [3.63, 3.8) is 0 Å². The second-order valence-electron chi connectivity index (χ2n) is 8.29. The molecule has 0 unspecified atom stereocenters. The van der Waals surface area contributed by atoms with Crippen LogP contribution in [0.1, 0.15) is 41.0 Å². The van der Waals surface area contributed by atoms with Crippen LogP contribution < -0.4 is 4.90 Å². The molecule has 3 aromatic carbocycles. The maximum absolute atomic E-state index is 13.5. The zero-order chi connectivity index (χ0) is 23.4. The van der Waals surface area contributed by atoms with Gasteiger partial charge in [0, 0.05) is 35.4 Å². The number of aryl methyl sites for hydroxylation is 2. The van der Waals surface area contributed by atoms with Crippen LogP contribution in [0.3, 0.4) is 0 Å². The molecule has 0 saturated carbocycles. The van der Waals surface area contributed by atoms with Crippen molar-refractivity contribution >= 4 is 28.4 Å². The van der Waals surface area contributed by atoms with E-state index < -0.39 is 0 Å². The third-order valence-electron chi connectivity index (χ3n) is 6.11. The summed E-state index contributed by atoms with van der Waals surface area (Å²) in [6, 6.07) is 24.7. The second-order valence-corrected chi connectivity index (χ2v) is 8.29. The number of rotatable bonds is 7. The first-order chi connectivity index (χ1) is 16.0. The van der Waals surface area contributed by atoms with Gasteiger partial charge in [-0.25, -0.2) is 0 Å². The molecule has 3 nitrogen and oxygen atoms in total. The third kappa shape index (κ3) is 4.73. The van der Waals surface area contributed by atoms with Gasteiger partial charge in [-0.3, -0.25) is 9.78 Å². The van der Waals surface area contributed by atoms with E-state index in [0.29, 0.717) is 5.56 Å². The largest absolute Gasteiger partial charge is 0.372 e. The van der Waals surface area contributed by atoms with Gasteiger partial charge in [-0.2, -0.15) is 0 Å². The Bertz CT molecular complexity index is 1300. The summed E-state index contributed by atoms with van der Waals surface area (Å²) in [6.07, 6.45) is 3.56. The molecule has 0 aliphatic heterocycles. The van der Waals surface area contributed by atoms with E-state index in [1.165, 1.54) is 11.3 Å². The van der Waals surface area contributed by atoms with Gasteiger partial charge in [0.1, 0.15) is 0 Å². The molecule has 0 spiro atoms. The zero-order valence-corrected chi connectivity index (χ0v) is 19.8. The summed E-state index contributed by atoms with van der Waals surface area (Å²) in [5, 5.41) is 0.993. The summed E-state index contributed by atoms with van der Waals surface area (Å²) in [7, 11) is 0. The highest BCUT2D eigenvalue weighted by atomic mass is 16.1. The number of nitrogens with zero attached hydrogens (tertiary/aromatic N) is 2. The summed E-state index contributed by atoms with van der Waals surface area (Å²) in [5.41, 5.74) is 7.67. The first-order valence-electron chi connectivity index (χ1n) is 11.6. The molecule has 1 heterocycles. The fourth-order valence-corrected chi connectivity index (χ4v) is 4.30. The summed E-state index contributed by atoms with van der Waals surface area (Å²) in [6.45, 7) is 10.2. The number of carbonyl (C=O) groups excluding carboxylic acids is 1. The molecule has 0 bridgehead atoms. The van der Waals surface area contributed by atoms with Gasteiger partial charge in [0.15, 0.2) is 5.78 Å². The van der Waals surface area contributed by atoms with Crippen LogP contribution in [0.25, 0.3) is 28.1 Å². The number of para-hydroxylation sites is 1. The monoisotopic (exact) mass is 434 g/mol. The summed E-state index contributed by atoms with van der Waals surface area (Å²) >= 11 is 0. The average Bonchev–Trinajstić information content (AvgIpc) is 2.84. The van der Waals surface area contributed by atoms with Crippen molar-refractivity contribution in [1.82, 2.24) is 4.98 Å². The van der Waals surface area contributed by atoms with E-state index in [0.717, 1.165) is 46.4 Å². The van der Waals surface area contributed by atoms with Crippen molar-refractivity contribution in [2.24, 2.45) is 0 Å². The molecular weight excluding hydrogens is 404 g/mol. The number of allylic oxidation sites excluding steroid dienone is 1. The molecule has 1 aromatic heterocycles. The van der Waals surface area contributed by atoms with Gasteiger partial charge in [-0.15, -0.1) is 0 Å². The predicted octanol–water partition coefficient (Wildman–Crippen LogP) is 7.26. The van der Waals surface area contributed by atoms with Crippen LogP contribution >= 0.6 is 0 Å². The Kier molecular flexibility index (Phi) is 6.69. The maximum atomic E-state index is 13.5. The lowest BCUT2D eigenvalue weighted by Crippen LogP contribution is -2.21. The highest BCUT2D eigenvalue weighted by molar-refractivity contribution is 6.16. The Balaban J connectivity index is 1.74. The first kappa shape index (κ1) is 22.5. The molecule has 0 atom stereocenters. The van der Waals surface area contributed by atoms with Gasteiger partial charge in [0.25, 0.3) is 0 Å². The number of hydrogen-bond acceptors (Lipinski definition) is 3. The number of aromatic nitrogens is 1. The van der Waals surface area contributed by atoms with Crippen molar-refractivity contribution in [1.29, 1.82) is 0 Å². The minimum Gasteiger partial charge on any atom is -0.372 e. The Morgan fingerprint density at radius 2 is 1.55 bits per heavy atom. The van der Waals surface area contributed by atoms with Crippen LogP contribution in [0.2, 0.25) is 0 Å². The number of hydrogen-bond donors (Lipinski definition) is 0. The molecule has 0 radical (unpaired) electrons. The number of carbonyl (C=O) groups is 1. The van der Waals surface area contributed by atoms with Crippen LogP contribution in [0.5, 0.6) is 0 Å². The zero-order valence-electron chi connectivity index (χ0n) is 19.8. The van der Waals surface area contributed by atoms with Crippen LogP contribution in [-0.4, -0.2) is 23.9 Å².